The van der Waals surface area contributed by atoms with Gasteiger partial charge in [0.1, 0.15) is 0 Å². The van der Waals surface area contributed by atoms with Crippen molar-refractivity contribution in [2.45, 2.75) is 39.2 Å². The topological polar surface area (TPSA) is 50.9 Å². The number of nitrogens with zero attached hydrogens (tertiary/aromatic N) is 1. The van der Waals surface area contributed by atoms with Gasteiger partial charge in [0.05, 0.1) is 5.01 Å². The quantitative estimate of drug-likeness (QED) is 0.594. The molecule has 1 aliphatic carbocycles. The van der Waals surface area contributed by atoms with E-state index in [1.54, 1.807) is 11.3 Å². The second kappa shape index (κ2) is 4.60. The van der Waals surface area contributed by atoms with E-state index < -0.39 is 0 Å². The predicted molar refractivity (Wildman–Crippen MR) is 63.6 cm³/mol. The Morgan fingerprint density at radius 3 is 2.87 bits per heavy atom. The average Bonchev–Trinajstić information content (AvgIpc) is 2.99. The predicted octanol–water partition coefficient (Wildman–Crippen LogP) is 1.87. The average molecular weight is 225 g/mol. The number of nitrogens with one attached hydrogen (secondary N) is 1. The van der Waals surface area contributed by atoms with Gasteiger partial charge in [-0.3, -0.25) is 11.3 Å². The van der Waals surface area contributed by atoms with E-state index in [2.05, 4.69) is 22.7 Å². The van der Waals surface area contributed by atoms with Crippen molar-refractivity contribution in [2.75, 3.05) is 0 Å². The summed E-state index contributed by atoms with van der Waals surface area (Å²) in [4.78, 5) is 4.48. The Hall–Kier alpha value is -0.450. The number of hydrogen-bond acceptors (Lipinski definition) is 4. The first-order valence-electron chi connectivity index (χ1n) is 5.58. The molecule has 15 heavy (non-hydrogen) atoms. The molecule has 1 saturated carbocycles. The summed E-state index contributed by atoms with van der Waals surface area (Å²) in [5.41, 5.74) is 4.06. The summed E-state index contributed by atoms with van der Waals surface area (Å²) in [5.74, 6) is 7.17. The molecule has 0 radical (unpaired) electrons. The molecule has 2 atom stereocenters. The zero-order valence-corrected chi connectivity index (χ0v) is 10.2. The normalized spacial score (nSPS) is 20.2. The maximum atomic E-state index is 5.62. The molecule has 1 heterocycles. The van der Waals surface area contributed by atoms with Gasteiger partial charge in [-0.1, -0.05) is 6.92 Å². The van der Waals surface area contributed by atoms with Crippen LogP contribution in [0.5, 0.6) is 0 Å². The van der Waals surface area contributed by atoms with Gasteiger partial charge in [0.2, 0.25) is 0 Å². The Balaban J connectivity index is 1.95. The Morgan fingerprint density at radius 2 is 2.40 bits per heavy atom. The fourth-order valence-corrected chi connectivity index (χ4v) is 2.86. The molecule has 1 fully saturated rings. The van der Waals surface area contributed by atoms with Gasteiger partial charge in [0, 0.05) is 23.5 Å². The van der Waals surface area contributed by atoms with Crippen LogP contribution in [0.15, 0.2) is 5.38 Å². The van der Waals surface area contributed by atoms with Crippen LogP contribution >= 0.6 is 11.3 Å². The second-order valence-corrected chi connectivity index (χ2v) is 5.50. The van der Waals surface area contributed by atoms with E-state index in [1.165, 1.54) is 17.8 Å². The molecule has 1 aromatic heterocycles. The van der Waals surface area contributed by atoms with E-state index in [1.807, 2.05) is 6.92 Å². The van der Waals surface area contributed by atoms with Crippen LogP contribution in [0, 0.1) is 18.8 Å². The number of aromatic nitrogens is 1. The number of hydrogen-bond donors (Lipinski definition) is 2. The largest absolute Gasteiger partial charge is 0.271 e. The van der Waals surface area contributed by atoms with E-state index in [0.29, 0.717) is 12.0 Å². The molecular weight excluding hydrogens is 206 g/mol. The summed E-state index contributed by atoms with van der Waals surface area (Å²) in [7, 11) is 0. The Kier molecular flexibility index (Phi) is 3.38. The van der Waals surface area contributed by atoms with Crippen LogP contribution in [-0.4, -0.2) is 11.0 Å². The van der Waals surface area contributed by atoms with Crippen LogP contribution in [0.4, 0.5) is 0 Å². The molecule has 0 aromatic carbocycles. The van der Waals surface area contributed by atoms with Gasteiger partial charge < -0.3 is 0 Å². The fourth-order valence-electron chi connectivity index (χ4n) is 2.03. The van der Waals surface area contributed by atoms with Crippen LogP contribution in [-0.2, 0) is 6.42 Å². The van der Waals surface area contributed by atoms with Crippen molar-refractivity contribution in [3.8, 4) is 0 Å². The summed E-state index contributed by atoms with van der Waals surface area (Å²) < 4.78 is 0. The molecule has 0 amide bonds. The first kappa shape index (κ1) is 11.0. The van der Waals surface area contributed by atoms with Crippen molar-refractivity contribution >= 4 is 11.3 Å². The highest BCUT2D eigenvalue weighted by Gasteiger charge is 2.33. The minimum Gasteiger partial charge on any atom is -0.271 e. The maximum absolute atomic E-state index is 5.62. The third-order valence-electron chi connectivity index (χ3n) is 3.28. The van der Waals surface area contributed by atoms with E-state index >= 15 is 0 Å². The molecule has 2 unspecified atom stereocenters. The number of thiazole rings is 1. The minimum atomic E-state index is 0.378. The summed E-state index contributed by atoms with van der Waals surface area (Å²) in [6.07, 6.45) is 3.71. The highest BCUT2D eigenvalue weighted by molar-refractivity contribution is 7.09. The van der Waals surface area contributed by atoms with Crippen molar-refractivity contribution < 1.29 is 0 Å². The Labute approximate surface area is 95.1 Å². The Bertz CT molecular complexity index is 319. The Morgan fingerprint density at radius 1 is 1.67 bits per heavy atom. The number of nitrogens with two attached hydrogens (primary N) is 1. The summed E-state index contributed by atoms with van der Waals surface area (Å²) in [5, 5.41) is 3.30. The molecule has 4 heteroatoms. The van der Waals surface area contributed by atoms with Crippen molar-refractivity contribution in [3.63, 3.8) is 0 Å². The van der Waals surface area contributed by atoms with E-state index in [0.717, 1.165) is 18.0 Å². The zero-order chi connectivity index (χ0) is 10.8. The van der Waals surface area contributed by atoms with Crippen LogP contribution in [0.1, 0.15) is 30.5 Å². The zero-order valence-electron chi connectivity index (χ0n) is 9.36. The van der Waals surface area contributed by atoms with Crippen LogP contribution in [0.2, 0.25) is 0 Å². The lowest BCUT2D eigenvalue weighted by molar-refractivity contribution is 0.343. The lowest BCUT2D eigenvalue weighted by atomic mass is 9.95. The van der Waals surface area contributed by atoms with E-state index in [4.69, 9.17) is 5.84 Å². The third-order valence-corrected chi connectivity index (χ3v) is 4.26. The van der Waals surface area contributed by atoms with Gasteiger partial charge >= 0.3 is 0 Å². The van der Waals surface area contributed by atoms with Gasteiger partial charge in [0.25, 0.3) is 0 Å². The van der Waals surface area contributed by atoms with Crippen molar-refractivity contribution in [2.24, 2.45) is 17.7 Å². The van der Waals surface area contributed by atoms with E-state index in [-0.39, 0.29) is 0 Å². The highest BCUT2D eigenvalue weighted by Crippen LogP contribution is 2.38. The van der Waals surface area contributed by atoms with Crippen LogP contribution in [0.3, 0.4) is 0 Å². The molecule has 0 spiro atoms. The first-order chi connectivity index (χ1) is 7.20. The molecule has 84 valence electrons. The summed E-state index contributed by atoms with van der Waals surface area (Å²) >= 11 is 1.74. The van der Waals surface area contributed by atoms with Crippen molar-refractivity contribution in [1.82, 2.24) is 10.4 Å². The van der Waals surface area contributed by atoms with Crippen LogP contribution in [0.25, 0.3) is 0 Å². The molecule has 0 aliphatic heterocycles. The number of rotatable bonds is 5. The lowest BCUT2D eigenvalue weighted by Gasteiger charge is -2.21. The number of hydrazine groups is 1. The summed E-state index contributed by atoms with van der Waals surface area (Å²) in [6, 6.07) is 0.378. The molecule has 0 bridgehead atoms. The minimum absolute atomic E-state index is 0.378. The van der Waals surface area contributed by atoms with Crippen molar-refractivity contribution in [1.29, 1.82) is 0 Å². The third kappa shape index (κ3) is 2.77. The van der Waals surface area contributed by atoms with Crippen molar-refractivity contribution in [3.05, 3.63) is 16.1 Å². The molecule has 1 aliphatic rings. The smallest absolute Gasteiger partial charge is 0.0944 e. The lowest BCUT2D eigenvalue weighted by Crippen LogP contribution is -2.42. The SMILES string of the molecule is Cc1csc(CC(NN)C(C)C2CC2)n1. The molecule has 0 saturated heterocycles. The van der Waals surface area contributed by atoms with Gasteiger partial charge in [-0.15, -0.1) is 11.3 Å². The second-order valence-electron chi connectivity index (χ2n) is 4.56. The van der Waals surface area contributed by atoms with Crippen LogP contribution < -0.4 is 11.3 Å². The molecular formula is C11H19N3S. The monoisotopic (exact) mass is 225 g/mol. The first-order valence-corrected chi connectivity index (χ1v) is 6.46. The van der Waals surface area contributed by atoms with Gasteiger partial charge in [-0.05, 0) is 31.6 Å². The molecule has 2 rings (SSSR count). The standard InChI is InChI=1S/C11H19N3S/c1-7-6-15-11(13-7)5-10(14-12)8(2)9-3-4-9/h6,8-10,14H,3-5,12H2,1-2H3. The fraction of sp³-hybridized carbons (Fsp3) is 0.727. The maximum Gasteiger partial charge on any atom is 0.0944 e. The number of aryl methyl sites for hydroxylation is 1. The highest BCUT2D eigenvalue weighted by atomic mass is 32.1. The molecule has 3 nitrogen and oxygen atoms in total. The summed E-state index contributed by atoms with van der Waals surface area (Å²) in [6.45, 7) is 4.33. The molecule has 1 aromatic rings. The van der Waals surface area contributed by atoms with Gasteiger partial charge in [-0.25, -0.2) is 4.98 Å². The molecule has 3 N–H and O–H groups in total. The van der Waals surface area contributed by atoms with Gasteiger partial charge in [0.15, 0.2) is 0 Å². The van der Waals surface area contributed by atoms with E-state index in [9.17, 15) is 0 Å². The van der Waals surface area contributed by atoms with Gasteiger partial charge in [-0.2, -0.15) is 0 Å².